The Balaban J connectivity index is 1.57. The summed E-state index contributed by atoms with van der Waals surface area (Å²) in [6.07, 6.45) is 3.34. The van der Waals surface area contributed by atoms with Gasteiger partial charge in [-0.05, 0) is 62.8 Å². The minimum Gasteiger partial charge on any atom is -0.356 e. The molecular formula is C23H24FN3. The van der Waals surface area contributed by atoms with Crippen LogP contribution < -0.4 is 0 Å². The zero-order valence-corrected chi connectivity index (χ0v) is 15.9. The first-order chi connectivity index (χ1) is 13.1. The summed E-state index contributed by atoms with van der Waals surface area (Å²) in [6.45, 7) is 1.98. The monoisotopic (exact) mass is 361 g/mol. The molecule has 4 rings (SSSR count). The van der Waals surface area contributed by atoms with Crippen LogP contribution in [0.4, 0.5) is 10.1 Å². The molecule has 2 aliphatic heterocycles. The quantitative estimate of drug-likeness (QED) is 0.710. The molecule has 0 amide bonds. The first-order valence-corrected chi connectivity index (χ1v) is 9.48. The molecule has 0 N–H and O–H groups in total. The number of fused-ring (bicyclic) bond motifs is 2. The molecule has 3 nitrogen and oxygen atoms in total. The fourth-order valence-corrected chi connectivity index (χ4v) is 3.78. The minimum atomic E-state index is -0.261. The van der Waals surface area contributed by atoms with E-state index >= 15 is 0 Å². The van der Waals surface area contributed by atoms with Crippen LogP contribution in [0.2, 0.25) is 0 Å². The highest BCUT2D eigenvalue weighted by Gasteiger charge is 2.25. The standard InChI is InChI=1S/C23H24FN3/c1-26(2)21-10-11-23-25-22-15-18(7-6-17-4-3-5-20(24)14-17)8-9-19(22)16-27(23)13-12-21/h3-5,8-9,14-15,21H,10-13,16H2,1-2H3. The summed E-state index contributed by atoms with van der Waals surface area (Å²) in [7, 11) is 4.32. The van der Waals surface area contributed by atoms with Crippen LogP contribution in [0, 0.1) is 17.7 Å². The van der Waals surface area contributed by atoms with Gasteiger partial charge in [0.25, 0.3) is 0 Å². The fourth-order valence-electron chi connectivity index (χ4n) is 3.78. The van der Waals surface area contributed by atoms with Crippen molar-refractivity contribution in [2.75, 3.05) is 20.6 Å². The van der Waals surface area contributed by atoms with Gasteiger partial charge < -0.3 is 9.80 Å². The molecule has 2 aliphatic rings. The predicted molar refractivity (Wildman–Crippen MR) is 108 cm³/mol. The molecule has 0 aliphatic carbocycles. The Bertz CT molecular complexity index is 936. The molecule has 1 atom stereocenters. The molecule has 138 valence electrons. The molecule has 0 radical (unpaired) electrons. The molecule has 0 aromatic heterocycles. The first-order valence-electron chi connectivity index (χ1n) is 9.48. The van der Waals surface area contributed by atoms with Gasteiger partial charge in [-0.2, -0.15) is 0 Å². The zero-order chi connectivity index (χ0) is 18.8. The van der Waals surface area contributed by atoms with Crippen LogP contribution in [0.25, 0.3) is 0 Å². The second kappa shape index (κ2) is 7.54. The number of aliphatic imine (C=N–C) groups is 1. The lowest BCUT2D eigenvalue weighted by molar-refractivity contribution is 0.258. The maximum Gasteiger partial charge on any atom is 0.124 e. The predicted octanol–water partition coefficient (Wildman–Crippen LogP) is 4.19. The van der Waals surface area contributed by atoms with Gasteiger partial charge >= 0.3 is 0 Å². The summed E-state index contributed by atoms with van der Waals surface area (Å²) in [5.41, 5.74) is 3.87. The van der Waals surface area contributed by atoms with E-state index < -0.39 is 0 Å². The van der Waals surface area contributed by atoms with Crippen LogP contribution in [-0.4, -0.2) is 42.3 Å². The zero-order valence-electron chi connectivity index (χ0n) is 15.9. The Morgan fingerprint density at radius 1 is 1.07 bits per heavy atom. The lowest BCUT2D eigenvalue weighted by atomic mass is 10.1. The first kappa shape index (κ1) is 17.8. The Hall–Kier alpha value is -2.64. The number of nitrogens with zero attached hydrogens (tertiary/aromatic N) is 3. The summed E-state index contributed by atoms with van der Waals surface area (Å²) in [5, 5.41) is 0. The molecular weight excluding hydrogens is 337 g/mol. The maximum absolute atomic E-state index is 13.3. The lowest BCUT2D eigenvalue weighted by Crippen LogP contribution is -2.33. The van der Waals surface area contributed by atoms with Gasteiger partial charge in [0.05, 0.1) is 5.69 Å². The van der Waals surface area contributed by atoms with Crippen molar-refractivity contribution < 1.29 is 4.39 Å². The normalized spacial score (nSPS) is 18.7. The van der Waals surface area contributed by atoms with Gasteiger partial charge in [0.1, 0.15) is 11.7 Å². The number of hydrogen-bond donors (Lipinski definition) is 0. The van der Waals surface area contributed by atoms with Gasteiger partial charge in [-0.25, -0.2) is 9.38 Å². The third-order valence-electron chi connectivity index (χ3n) is 5.40. The molecule has 1 unspecified atom stereocenters. The Morgan fingerprint density at radius 2 is 1.89 bits per heavy atom. The van der Waals surface area contributed by atoms with Crippen molar-refractivity contribution in [3.63, 3.8) is 0 Å². The van der Waals surface area contributed by atoms with Crippen molar-refractivity contribution in [1.82, 2.24) is 9.80 Å². The smallest absolute Gasteiger partial charge is 0.124 e. The van der Waals surface area contributed by atoms with E-state index in [0.717, 1.165) is 37.2 Å². The fraction of sp³-hybridized carbons (Fsp3) is 0.348. The molecule has 4 heteroatoms. The highest BCUT2D eigenvalue weighted by Crippen LogP contribution is 2.30. The van der Waals surface area contributed by atoms with E-state index in [-0.39, 0.29) is 5.82 Å². The Labute approximate surface area is 160 Å². The van der Waals surface area contributed by atoms with E-state index in [2.05, 4.69) is 47.9 Å². The molecule has 2 aromatic rings. The van der Waals surface area contributed by atoms with Crippen molar-refractivity contribution in [1.29, 1.82) is 0 Å². The van der Waals surface area contributed by atoms with Crippen LogP contribution >= 0.6 is 0 Å². The molecule has 1 fully saturated rings. The van der Waals surface area contributed by atoms with Crippen LogP contribution in [0.1, 0.15) is 36.0 Å². The minimum absolute atomic E-state index is 0.261. The summed E-state index contributed by atoms with van der Waals surface area (Å²) in [5.74, 6) is 7.11. The molecule has 27 heavy (non-hydrogen) atoms. The highest BCUT2D eigenvalue weighted by molar-refractivity contribution is 5.87. The molecule has 2 aromatic carbocycles. The Kier molecular flexibility index (Phi) is 4.96. The van der Waals surface area contributed by atoms with Crippen molar-refractivity contribution in [2.45, 2.75) is 31.8 Å². The largest absolute Gasteiger partial charge is 0.356 e. The van der Waals surface area contributed by atoms with E-state index in [1.807, 2.05) is 12.1 Å². The summed E-state index contributed by atoms with van der Waals surface area (Å²) in [6, 6.07) is 13.2. The third kappa shape index (κ3) is 4.04. The SMILES string of the molecule is CN(C)C1CCC2=Nc3cc(C#Cc4cccc(F)c4)ccc3CN2CC1. The average Bonchev–Trinajstić information content (AvgIpc) is 2.86. The van der Waals surface area contributed by atoms with Crippen LogP contribution in [0.3, 0.4) is 0 Å². The van der Waals surface area contributed by atoms with Crippen molar-refractivity contribution in [2.24, 2.45) is 4.99 Å². The van der Waals surface area contributed by atoms with Gasteiger partial charge in [-0.3, -0.25) is 0 Å². The van der Waals surface area contributed by atoms with Gasteiger partial charge in [0.2, 0.25) is 0 Å². The summed E-state index contributed by atoms with van der Waals surface area (Å²) >= 11 is 0. The topological polar surface area (TPSA) is 18.8 Å². The number of amidine groups is 1. The van der Waals surface area contributed by atoms with E-state index in [4.69, 9.17) is 4.99 Å². The molecule has 0 saturated carbocycles. The molecule has 0 bridgehead atoms. The van der Waals surface area contributed by atoms with Gasteiger partial charge in [0, 0.05) is 36.7 Å². The van der Waals surface area contributed by atoms with E-state index in [1.165, 1.54) is 30.0 Å². The van der Waals surface area contributed by atoms with Gasteiger partial charge in [-0.15, -0.1) is 0 Å². The number of benzene rings is 2. The van der Waals surface area contributed by atoms with Crippen LogP contribution in [0.15, 0.2) is 47.5 Å². The van der Waals surface area contributed by atoms with Crippen molar-refractivity contribution in [3.05, 3.63) is 65.0 Å². The number of hydrogen-bond acceptors (Lipinski definition) is 3. The molecule has 0 spiro atoms. The number of halogens is 1. The van der Waals surface area contributed by atoms with Gasteiger partial charge in [-0.1, -0.05) is 24.0 Å². The molecule has 1 saturated heterocycles. The lowest BCUT2D eigenvalue weighted by Gasteiger charge is -2.29. The van der Waals surface area contributed by atoms with E-state index in [9.17, 15) is 4.39 Å². The van der Waals surface area contributed by atoms with Crippen molar-refractivity contribution in [3.8, 4) is 11.8 Å². The van der Waals surface area contributed by atoms with Crippen molar-refractivity contribution >= 4 is 11.5 Å². The average molecular weight is 361 g/mol. The van der Waals surface area contributed by atoms with Crippen LogP contribution in [-0.2, 0) is 6.54 Å². The molecule has 2 heterocycles. The maximum atomic E-state index is 13.3. The van der Waals surface area contributed by atoms with Gasteiger partial charge in [0.15, 0.2) is 0 Å². The van der Waals surface area contributed by atoms with E-state index in [0.29, 0.717) is 11.6 Å². The second-order valence-electron chi connectivity index (χ2n) is 7.50. The van der Waals surface area contributed by atoms with Crippen LogP contribution in [0.5, 0.6) is 0 Å². The number of rotatable bonds is 1. The Morgan fingerprint density at radius 3 is 2.67 bits per heavy atom. The second-order valence-corrected chi connectivity index (χ2v) is 7.50. The summed E-state index contributed by atoms with van der Waals surface area (Å²) < 4.78 is 13.3. The third-order valence-corrected chi connectivity index (χ3v) is 5.40. The highest BCUT2D eigenvalue weighted by atomic mass is 19.1. The van der Waals surface area contributed by atoms with E-state index in [1.54, 1.807) is 6.07 Å². The summed E-state index contributed by atoms with van der Waals surface area (Å²) in [4.78, 5) is 9.69.